The summed E-state index contributed by atoms with van der Waals surface area (Å²) in [4.78, 5) is 26.9. The first-order chi connectivity index (χ1) is 16.3. The standard InChI is InChI=1S/C24H16ClIN2O6/c1-32-21-12-15(10-19(25)22(21)33-13-14-3-2-4-17(26)9-14)11-20-24(29)34-23(27-20)16-5-7-18(8-6-16)28(30)31/h2-12H,13H2,1H3/b20-11-. The number of rotatable bonds is 7. The van der Waals surface area contributed by atoms with Gasteiger partial charge in [0.15, 0.2) is 17.2 Å². The van der Waals surface area contributed by atoms with Crippen molar-refractivity contribution >= 4 is 57.8 Å². The molecule has 0 unspecified atom stereocenters. The van der Waals surface area contributed by atoms with Crippen LogP contribution in [0.5, 0.6) is 11.5 Å². The fraction of sp³-hybridized carbons (Fsp3) is 0.0833. The molecule has 0 bridgehead atoms. The van der Waals surface area contributed by atoms with Crippen LogP contribution in [0.3, 0.4) is 0 Å². The minimum absolute atomic E-state index is 0.0546. The van der Waals surface area contributed by atoms with E-state index in [4.69, 9.17) is 25.8 Å². The van der Waals surface area contributed by atoms with Crippen LogP contribution < -0.4 is 9.47 Å². The summed E-state index contributed by atoms with van der Waals surface area (Å²) in [6.07, 6.45) is 1.51. The van der Waals surface area contributed by atoms with Gasteiger partial charge in [0.1, 0.15) is 6.61 Å². The Morgan fingerprint density at radius 2 is 1.94 bits per heavy atom. The molecule has 0 fully saturated rings. The molecule has 1 aliphatic heterocycles. The van der Waals surface area contributed by atoms with Gasteiger partial charge in [0.05, 0.1) is 17.1 Å². The fourth-order valence-electron chi connectivity index (χ4n) is 3.16. The van der Waals surface area contributed by atoms with E-state index in [0.717, 1.165) is 9.13 Å². The number of nitro benzene ring substituents is 1. The number of cyclic esters (lactones) is 1. The second-order valence-electron chi connectivity index (χ2n) is 7.09. The Morgan fingerprint density at radius 3 is 2.62 bits per heavy atom. The number of carbonyl (C=O) groups is 1. The SMILES string of the molecule is COc1cc(/C=C2\N=C(c3ccc([N+](=O)[O-])cc3)OC2=O)cc(Cl)c1OCc1cccc(I)c1. The molecule has 0 atom stereocenters. The molecule has 0 saturated carbocycles. The predicted octanol–water partition coefficient (Wildman–Crippen LogP) is 5.78. The number of halogens is 2. The lowest BCUT2D eigenvalue weighted by atomic mass is 10.1. The summed E-state index contributed by atoms with van der Waals surface area (Å²) in [5.74, 6) is 0.189. The fourth-order valence-corrected chi connectivity index (χ4v) is 4.04. The zero-order chi connectivity index (χ0) is 24.2. The summed E-state index contributed by atoms with van der Waals surface area (Å²) in [5.41, 5.74) is 1.97. The van der Waals surface area contributed by atoms with Crippen molar-refractivity contribution in [1.29, 1.82) is 0 Å². The first-order valence-corrected chi connectivity index (χ1v) is 11.3. The monoisotopic (exact) mass is 590 g/mol. The van der Waals surface area contributed by atoms with Gasteiger partial charge >= 0.3 is 5.97 Å². The van der Waals surface area contributed by atoms with Crippen molar-refractivity contribution in [2.75, 3.05) is 7.11 Å². The zero-order valence-electron chi connectivity index (χ0n) is 17.7. The highest BCUT2D eigenvalue weighted by atomic mass is 127. The van der Waals surface area contributed by atoms with Crippen LogP contribution in [-0.4, -0.2) is 23.9 Å². The molecule has 0 N–H and O–H groups in total. The van der Waals surface area contributed by atoms with E-state index in [2.05, 4.69) is 27.6 Å². The molecule has 3 aromatic carbocycles. The molecule has 172 valence electrons. The first-order valence-electron chi connectivity index (χ1n) is 9.86. The zero-order valence-corrected chi connectivity index (χ0v) is 20.6. The number of hydrogen-bond donors (Lipinski definition) is 0. The second kappa shape index (κ2) is 10.2. The van der Waals surface area contributed by atoms with E-state index in [1.807, 2.05) is 24.3 Å². The van der Waals surface area contributed by atoms with Crippen LogP contribution in [0.2, 0.25) is 5.02 Å². The number of ether oxygens (including phenoxy) is 3. The van der Waals surface area contributed by atoms with Crippen LogP contribution in [-0.2, 0) is 16.1 Å². The maximum atomic E-state index is 12.3. The Bertz CT molecular complexity index is 1340. The lowest BCUT2D eigenvalue weighted by Gasteiger charge is -2.13. The van der Waals surface area contributed by atoms with Crippen molar-refractivity contribution in [3.05, 3.63) is 102 Å². The lowest BCUT2D eigenvalue weighted by molar-refractivity contribution is -0.384. The minimum atomic E-state index is -0.651. The van der Waals surface area contributed by atoms with Crippen molar-refractivity contribution in [3.63, 3.8) is 0 Å². The van der Waals surface area contributed by atoms with Gasteiger partial charge in [-0.2, -0.15) is 0 Å². The molecule has 0 radical (unpaired) electrons. The number of methoxy groups -OCH3 is 1. The van der Waals surface area contributed by atoms with E-state index < -0.39 is 10.9 Å². The molecular formula is C24H16ClIN2O6. The van der Waals surface area contributed by atoms with Crippen molar-refractivity contribution in [3.8, 4) is 11.5 Å². The van der Waals surface area contributed by atoms with Crippen molar-refractivity contribution in [2.45, 2.75) is 6.61 Å². The number of aliphatic imine (C=N–C) groups is 1. The van der Waals surface area contributed by atoms with Crippen LogP contribution in [0.4, 0.5) is 5.69 Å². The molecular weight excluding hydrogens is 575 g/mol. The third-order valence-electron chi connectivity index (χ3n) is 4.77. The van der Waals surface area contributed by atoms with Crippen LogP contribution in [0.1, 0.15) is 16.7 Å². The number of carbonyl (C=O) groups excluding carboxylic acids is 1. The Balaban J connectivity index is 1.57. The van der Waals surface area contributed by atoms with Gasteiger partial charge < -0.3 is 14.2 Å². The number of nitro groups is 1. The van der Waals surface area contributed by atoms with Gasteiger partial charge in [0, 0.05) is 21.3 Å². The van der Waals surface area contributed by atoms with Gasteiger partial charge in [-0.3, -0.25) is 10.1 Å². The molecule has 0 amide bonds. The second-order valence-corrected chi connectivity index (χ2v) is 8.75. The van der Waals surface area contributed by atoms with Crippen LogP contribution >= 0.6 is 34.2 Å². The largest absolute Gasteiger partial charge is 0.493 e. The van der Waals surface area contributed by atoms with Crippen LogP contribution in [0.15, 0.2) is 71.4 Å². The summed E-state index contributed by atoms with van der Waals surface area (Å²) < 4.78 is 17.7. The van der Waals surface area contributed by atoms with Gasteiger partial charge in [-0.25, -0.2) is 9.79 Å². The van der Waals surface area contributed by atoms with Gasteiger partial charge in [-0.15, -0.1) is 0 Å². The average molecular weight is 591 g/mol. The Labute approximate surface area is 213 Å². The molecule has 3 aromatic rings. The Kier molecular flexibility index (Phi) is 7.13. The molecule has 0 spiro atoms. The summed E-state index contributed by atoms with van der Waals surface area (Å²) in [5, 5.41) is 11.1. The number of hydrogen-bond acceptors (Lipinski definition) is 7. The quantitative estimate of drug-likeness (QED) is 0.114. The number of benzene rings is 3. The number of nitrogens with zero attached hydrogens (tertiary/aromatic N) is 2. The highest BCUT2D eigenvalue weighted by Crippen LogP contribution is 2.38. The maximum Gasteiger partial charge on any atom is 0.363 e. The molecule has 10 heteroatoms. The third kappa shape index (κ3) is 5.37. The van der Waals surface area contributed by atoms with E-state index in [1.54, 1.807) is 12.1 Å². The topological polar surface area (TPSA) is 100 Å². The van der Waals surface area contributed by atoms with E-state index >= 15 is 0 Å². The van der Waals surface area contributed by atoms with Crippen molar-refractivity contribution in [2.24, 2.45) is 4.99 Å². The third-order valence-corrected chi connectivity index (χ3v) is 5.72. The molecule has 4 rings (SSSR count). The summed E-state index contributed by atoms with van der Waals surface area (Å²) in [6.45, 7) is 0.308. The highest BCUT2D eigenvalue weighted by Gasteiger charge is 2.25. The van der Waals surface area contributed by atoms with E-state index in [9.17, 15) is 14.9 Å². The van der Waals surface area contributed by atoms with Crippen LogP contribution in [0, 0.1) is 13.7 Å². The highest BCUT2D eigenvalue weighted by molar-refractivity contribution is 14.1. The van der Waals surface area contributed by atoms with Crippen molar-refractivity contribution < 1.29 is 23.9 Å². The van der Waals surface area contributed by atoms with Gasteiger partial charge in [-0.1, -0.05) is 23.7 Å². The van der Waals surface area contributed by atoms with Gasteiger partial charge in [0.25, 0.3) is 5.69 Å². The molecule has 1 aliphatic rings. The normalized spacial score (nSPS) is 14.0. The summed E-state index contributed by atoms with van der Waals surface area (Å²) >= 11 is 8.69. The Hall–Kier alpha value is -3.44. The van der Waals surface area contributed by atoms with Crippen LogP contribution in [0.25, 0.3) is 6.08 Å². The summed E-state index contributed by atoms with van der Waals surface area (Å²) in [7, 11) is 1.50. The van der Waals surface area contributed by atoms with Crippen molar-refractivity contribution in [1.82, 2.24) is 0 Å². The lowest BCUT2D eigenvalue weighted by Crippen LogP contribution is -2.05. The molecule has 1 heterocycles. The Morgan fingerprint density at radius 1 is 1.18 bits per heavy atom. The van der Waals surface area contributed by atoms with E-state index in [1.165, 1.54) is 37.5 Å². The molecule has 0 aliphatic carbocycles. The minimum Gasteiger partial charge on any atom is -0.493 e. The maximum absolute atomic E-state index is 12.3. The van der Waals surface area contributed by atoms with Gasteiger partial charge in [-0.05, 0) is 76.2 Å². The number of non-ortho nitro benzene ring substituents is 1. The van der Waals surface area contributed by atoms with Gasteiger partial charge in [0.2, 0.25) is 5.90 Å². The average Bonchev–Trinajstić information content (AvgIpc) is 3.18. The number of esters is 1. The first kappa shape index (κ1) is 23.7. The van der Waals surface area contributed by atoms with E-state index in [0.29, 0.717) is 34.3 Å². The van der Waals surface area contributed by atoms with E-state index in [-0.39, 0.29) is 17.3 Å². The molecule has 8 nitrogen and oxygen atoms in total. The molecule has 0 aromatic heterocycles. The molecule has 0 saturated heterocycles. The summed E-state index contributed by atoms with van der Waals surface area (Å²) in [6, 6.07) is 16.8. The predicted molar refractivity (Wildman–Crippen MR) is 135 cm³/mol. The smallest absolute Gasteiger partial charge is 0.363 e. The molecule has 34 heavy (non-hydrogen) atoms.